The maximum Gasteiger partial charge on any atom is 0.340 e. The van der Waals surface area contributed by atoms with Gasteiger partial charge in [-0.05, 0) is 63.5 Å². The van der Waals surface area contributed by atoms with Gasteiger partial charge in [-0.3, -0.25) is 4.55 Å². The first-order valence-corrected chi connectivity index (χ1v) is 27.5. The minimum absolute atomic E-state index is 0.112. The van der Waals surface area contributed by atoms with E-state index in [1.54, 1.807) is 0 Å². The zero-order valence-electron chi connectivity index (χ0n) is 40.1. The molecular formula is C54H94O7S. The van der Waals surface area contributed by atoms with Gasteiger partial charge in [0, 0.05) is 0 Å². The van der Waals surface area contributed by atoms with Crippen LogP contribution in [0, 0.1) is 0 Å². The zero-order chi connectivity index (χ0) is 45.0. The predicted octanol–water partition coefficient (Wildman–Crippen LogP) is 17.2. The van der Waals surface area contributed by atoms with Crippen molar-refractivity contribution in [1.29, 1.82) is 0 Å². The van der Waals surface area contributed by atoms with Crippen LogP contribution < -0.4 is 0 Å². The fourth-order valence-electron chi connectivity index (χ4n) is 8.05. The fraction of sp³-hybridized carbons (Fsp3) is 0.778. The second kappa shape index (κ2) is 42.5. The van der Waals surface area contributed by atoms with E-state index in [0.29, 0.717) is 12.8 Å². The van der Waals surface area contributed by atoms with Crippen molar-refractivity contribution in [2.45, 2.75) is 263 Å². The molecule has 0 aromatic heterocycles. The summed E-state index contributed by atoms with van der Waals surface area (Å²) < 4.78 is 45.0. The van der Waals surface area contributed by atoms with Crippen LogP contribution in [0.1, 0.15) is 279 Å². The predicted molar refractivity (Wildman–Crippen MR) is 262 cm³/mol. The van der Waals surface area contributed by atoms with Crippen LogP contribution in [-0.2, 0) is 19.6 Å². The summed E-state index contributed by atoms with van der Waals surface area (Å²) in [5.41, 5.74) is -0.666. The monoisotopic (exact) mass is 887 g/mol. The number of carbonyl (C=O) groups is 2. The minimum Gasteiger partial charge on any atom is -0.462 e. The van der Waals surface area contributed by atoms with E-state index in [0.717, 1.165) is 44.6 Å². The average Bonchev–Trinajstić information content (AvgIpc) is 3.26. The van der Waals surface area contributed by atoms with Crippen molar-refractivity contribution >= 4 is 22.1 Å². The SMILES string of the molecule is CCCC/C=C/CCCCCCCCCCCCCCCCCOC(=O)c1cccc(S(=O)(=O)O)c1C(=O)OCCCCCCCCCCCCCCCCC/C=C/CCCC. The smallest absolute Gasteiger partial charge is 0.340 e. The summed E-state index contributed by atoms with van der Waals surface area (Å²) in [6, 6.07) is 3.78. The molecule has 0 atom stereocenters. The summed E-state index contributed by atoms with van der Waals surface area (Å²) >= 11 is 0. The van der Waals surface area contributed by atoms with Crippen LogP contribution in [0.15, 0.2) is 47.4 Å². The first-order chi connectivity index (χ1) is 30.3. The molecular weight excluding hydrogens is 793 g/mol. The van der Waals surface area contributed by atoms with Crippen molar-refractivity contribution < 1.29 is 32.0 Å². The molecule has 0 aliphatic carbocycles. The summed E-state index contributed by atoms with van der Waals surface area (Å²) in [6.45, 7) is 4.78. The standard InChI is InChI=1S/C54H94O7S/c1-3-5-7-9-11-13-15-17-19-21-23-25-27-29-31-33-35-37-39-41-43-48-60-53(55)50-46-45-47-51(62(57,58)59)52(50)54(56)61-49-44-42-40-38-36-34-32-30-28-26-24-22-20-18-16-14-12-10-8-6-4-2/h9-12,45-47H,3-8,13-44,48-49H2,1-2H3,(H,57,58,59)/b11-9+,12-10+. The van der Waals surface area contributed by atoms with E-state index in [-0.39, 0.29) is 18.8 Å². The number of rotatable bonds is 45. The van der Waals surface area contributed by atoms with Crippen LogP contribution in [0.2, 0.25) is 0 Å². The highest BCUT2D eigenvalue weighted by Gasteiger charge is 2.28. The molecule has 0 unspecified atom stereocenters. The normalized spacial score (nSPS) is 11.9. The number of esters is 2. The van der Waals surface area contributed by atoms with Crippen molar-refractivity contribution in [3.05, 3.63) is 53.6 Å². The Morgan fingerprint density at radius 3 is 1.05 bits per heavy atom. The van der Waals surface area contributed by atoms with Gasteiger partial charge in [-0.15, -0.1) is 0 Å². The highest BCUT2D eigenvalue weighted by atomic mass is 32.2. The fourth-order valence-corrected chi connectivity index (χ4v) is 8.75. The number of hydrogen-bond acceptors (Lipinski definition) is 6. The third-order valence-corrected chi connectivity index (χ3v) is 12.9. The van der Waals surface area contributed by atoms with Gasteiger partial charge in [-0.1, -0.05) is 237 Å². The maximum absolute atomic E-state index is 13.1. The Morgan fingerprint density at radius 2 is 0.726 bits per heavy atom. The molecule has 1 aromatic rings. The molecule has 1 N–H and O–H groups in total. The van der Waals surface area contributed by atoms with Gasteiger partial charge in [0.05, 0.1) is 24.3 Å². The molecule has 0 saturated carbocycles. The topological polar surface area (TPSA) is 107 Å². The van der Waals surface area contributed by atoms with Gasteiger partial charge in [-0.2, -0.15) is 8.42 Å². The number of allylic oxidation sites excluding steroid dienone is 4. The molecule has 0 aliphatic rings. The number of unbranched alkanes of at least 4 members (excludes halogenated alkanes) is 34. The summed E-state index contributed by atoms with van der Waals surface area (Å²) in [7, 11) is -4.77. The Hall–Kier alpha value is -2.45. The van der Waals surface area contributed by atoms with Crippen LogP contribution in [-0.4, -0.2) is 38.1 Å². The van der Waals surface area contributed by atoms with Crippen molar-refractivity contribution in [3.63, 3.8) is 0 Å². The van der Waals surface area contributed by atoms with Gasteiger partial charge in [0.15, 0.2) is 0 Å². The Bertz CT molecular complexity index is 1370. The highest BCUT2D eigenvalue weighted by Crippen LogP contribution is 2.23. The maximum atomic E-state index is 13.1. The summed E-state index contributed by atoms with van der Waals surface area (Å²) in [5, 5.41) is 0. The number of hydrogen-bond donors (Lipinski definition) is 1. The highest BCUT2D eigenvalue weighted by molar-refractivity contribution is 7.86. The lowest BCUT2D eigenvalue weighted by Gasteiger charge is -2.13. The Labute approximate surface area is 382 Å². The number of benzene rings is 1. The molecule has 0 aliphatic heterocycles. The van der Waals surface area contributed by atoms with Crippen molar-refractivity contribution in [1.82, 2.24) is 0 Å². The molecule has 0 heterocycles. The second-order valence-corrected chi connectivity index (χ2v) is 19.2. The molecule has 1 rings (SSSR count). The number of carbonyl (C=O) groups excluding carboxylic acids is 2. The summed E-state index contributed by atoms with van der Waals surface area (Å²) in [6.07, 6.45) is 56.3. The molecule has 62 heavy (non-hydrogen) atoms. The van der Waals surface area contributed by atoms with Gasteiger partial charge < -0.3 is 9.47 Å². The first-order valence-electron chi connectivity index (χ1n) is 26.1. The largest absolute Gasteiger partial charge is 0.462 e. The van der Waals surface area contributed by atoms with E-state index in [2.05, 4.69) is 38.2 Å². The van der Waals surface area contributed by atoms with E-state index in [9.17, 15) is 22.6 Å². The van der Waals surface area contributed by atoms with Crippen LogP contribution in [0.5, 0.6) is 0 Å². The van der Waals surface area contributed by atoms with Crippen LogP contribution >= 0.6 is 0 Å². The molecule has 358 valence electrons. The lowest BCUT2D eigenvalue weighted by molar-refractivity contribution is 0.0446. The molecule has 7 nitrogen and oxygen atoms in total. The quantitative estimate of drug-likeness (QED) is 0.0301. The van der Waals surface area contributed by atoms with Gasteiger partial charge in [0.25, 0.3) is 10.1 Å². The Balaban J connectivity index is 2.12. The van der Waals surface area contributed by atoms with Crippen LogP contribution in [0.3, 0.4) is 0 Å². The van der Waals surface area contributed by atoms with E-state index in [4.69, 9.17) is 9.47 Å². The van der Waals surface area contributed by atoms with E-state index < -0.39 is 32.5 Å². The van der Waals surface area contributed by atoms with Gasteiger partial charge in [-0.25, -0.2) is 9.59 Å². The zero-order valence-corrected chi connectivity index (χ0v) is 40.9. The van der Waals surface area contributed by atoms with Gasteiger partial charge in [0.1, 0.15) is 4.90 Å². The lowest BCUT2D eigenvalue weighted by Crippen LogP contribution is -2.19. The van der Waals surface area contributed by atoms with Crippen LogP contribution in [0.25, 0.3) is 0 Å². The summed E-state index contributed by atoms with van der Waals surface area (Å²) in [4.78, 5) is 25.5. The Kier molecular flexibility index (Phi) is 39.5. The van der Waals surface area contributed by atoms with E-state index >= 15 is 0 Å². The molecule has 0 amide bonds. The van der Waals surface area contributed by atoms with E-state index in [1.807, 2.05) is 0 Å². The van der Waals surface area contributed by atoms with Crippen LogP contribution in [0.4, 0.5) is 0 Å². The molecule has 8 heteroatoms. The van der Waals surface area contributed by atoms with E-state index in [1.165, 1.54) is 205 Å². The Morgan fingerprint density at radius 1 is 0.435 bits per heavy atom. The molecule has 0 saturated heterocycles. The second-order valence-electron chi connectivity index (χ2n) is 17.8. The number of ether oxygens (including phenoxy) is 2. The molecule has 0 radical (unpaired) electrons. The van der Waals surface area contributed by atoms with Crippen molar-refractivity contribution in [2.24, 2.45) is 0 Å². The van der Waals surface area contributed by atoms with Gasteiger partial charge in [0.2, 0.25) is 0 Å². The molecule has 0 bridgehead atoms. The van der Waals surface area contributed by atoms with Crippen molar-refractivity contribution in [2.75, 3.05) is 13.2 Å². The van der Waals surface area contributed by atoms with Gasteiger partial charge >= 0.3 is 11.9 Å². The third-order valence-electron chi connectivity index (χ3n) is 12.0. The minimum atomic E-state index is -4.77. The molecule has 0 fully saturated rings. The summed E-state index contributed by atoms with van der Waals surface area (Å²) in [5.74, 6) is -1.73. The first kappa shape index (κ1) is 57.6. The third kappa shape index (κ3) is 34.0. The molecule has 1 aromatic carbocycles. The lowest BCUT2D eigenvalue weighted by atomic mass is 10.0. The van der Waals surface area contributed by atoms with Crippen molar-refractivity contribution in [3.8, 4) is 0 Å². The molecule has 0 spiro atoms. The average molecular weight is 887 g/mol.